The zero-order chi connectivity index (χ0) is 7.98. The number of hydroxylamine groups is 1. The molecule has 0 radical (unpaired) electrons. The average molecular weight is 165 g/mol. The maximum atomic E-state index is 10.1. The molecule has 0 spiro atoms. The summed E-state index contributed by atoms with van der Waals surface area (Å²) in [5, 5.41) is 8.77. The maximum absolute atomic E-state index is 10.1. The highest BCUT2D eigenvalue weighted by Crippen LogP contribution is 2.11. The summed E-state index contributed by atoms with van der Waals surface area (Å²) in [5.41, 5.74) is 0. The van der Waals surface area contributed by atoms with Crippen LogP contribution in [0.15, 0.2) is 0 Å². The van der Waals surface area contributed by atoms with Gasteiger partial charge in [-0.15, -0.1) is 0 Å². The monoisotopic (exact) mass is 165 g/mol. The molecule has 0 aliphatic heterocycles. The molecular weight excluding hydrogens is 153 g/mol. The van der Waals surface area contributed by atoms with Gasteiger partial charge >= 0.3 is 8.03 Å². The van der Waals surface area contributed by atoms with Crippen LogP contribution in [0.1, 0.15) is 13.3 Å². The van der Waals surface area contributed by atoms with Crippen molar-refractivity contribution in [3.05, 3.63) is 0 Å². The topological polar surface area (TPSA) is 60.5 Å². The second-order valence-electron chi connectivity index (χ2n) is 1.80. The Morgan fingerprint density at radius 3 is 2.70 bits per heavy atom. The Hall–Kier alpha value is -0.470. The van der Waals surface area contributed by atoms with Crippen molar-refractivity contribution in [3.63, 3.8) is 0 Å². The third-order valence-corrected chi connectivity index (χ3v) is 1.63. The lowest BCUT2D eigenvalue weighted by atomic mass is 10.5. The lowest BCUT2D eigenvalue weighted by Crippen LogP contribution is -2.06. The van der Waals surface area contributed by atoms with Crippen LogP contribution in [0.25, 0.3) is 0 Å². The number of rotatable bonds is 4. The van der Waals surface area contributed by atoms with Crippen LogP contribution in [-0.2, 0) is 4.57 Å². The lowest BCUT2D eigenvalue weighted by molar-refractivity contribution is -0.769. The first-order chi connectivity index (χ1) is 4.66. The summed E-state index contributed by atoms with van der Waals surface area (Å²) in [6.45, 7) is 2.29. The highest BCUT2D eigenvalue weighted by Gasteiger charge is 2.09. The van der Waals surface area contributed by atoms with Crippen LogP contribution < -0.4 is 0 Å². The highest BCUT2D eigenvalue weighted by atomic mass is 31.1. The minimum Gasteiger partial charge on any atom is -0.291 e. The van der Waals surface area contributed by atoms with Crippen LogP contribution in [0, 0.1) is 0 Å². The van der Waals surface area contributed by atoms with E-state index in [4.69, 9.17) is 10.1 Å². The second-order valence-corrected chi connectivity index (χ2v) is 2.95. The molecular formula is C5H12NO3P+2. The molecule has 0 saturated heterocycles. The van der Waals surface area contributed by atoms with E-state index in [0.29, 0.717) is 13.0 Å². The molecule has 0 aromatic rings. The first-order valence-corrected chi connectivity index (χ1v) is 4.49. The van der Waals surface area contributed by atoms with E-state index in [-0.39, 0.29) is 6.16 Å². The average Bonchev–Trinajstić information content (AvgIpc) is 1.87. The third kappa shape index (κ3) is 5.66. The van der Waals surface area contributed by atoms with Crippen LogP contribution in [0.4, 0.5) is 0 Å². The molecule has 58 valence electrons. The summed E-state index contributed by atoms with van der Waals surface area (Å²) in [4.78, 5) is 8.33. The van der Waals surface area contributed by atoms with Gasteiger partial charge in [0, 0.05) is 0 Å². The number of hydrogen-bond acceptors (Lipinski definition) is 2. The molecule has 0 aliphatic carbocycles. The van der Waals surface area contributed by atoms with Crippen molar-refractivity contribution in [2.24, 2.45) is 0 Å². The van der Waals surface area contributed by atoms with Gasteiger partial charge in [-0.3, -0.25) is 5.21 Å². The van der Waals surface area contributed by atoms with E-state index >= 15 is 0 Å². The third-order valence-electron chi connectivity index (χ3n) is 0.984. The Morgan fingerprint density at radius 2 is 2.30 bits per heavy atom. The predicted molar refractivity (Wildman–Crippen MR) is 38.0 cm³/mol. The molecule has 0 aromatic carbocycles. The van der Waals surface area contributed by atoms with Crippen molar-refractivity contribution in [2.45, 2.75) is 13.3 Å². The molecule has 4 nitrogen and oxygen atoms in total. The predicted octanol–water partition coefficient (Wildman–Crippen LogP) is 0.604. The Balaban J connectivity index is 3.43. The summed E-state index contributed by atoms with van der Waals surface area (Å²) >= 11 is 0. The molecule has 5 heteroatoms. The molecule has 0 saturated carbocycles. The summed E-state index contributed by atoms with van der Waals surface area (Å²) in [6.07, 6.45) is 2.14. The van der Waals surface area contributed by atoms with E-state index in [9.17, 15) is 4.57 Å². The molecule has 0 aliphatic rings. The second kappa shape index (κ2) is 5.33. The fourth-order valence-electron chi connectivity index (χ4n) is 0.446. The Labute approximate surface area is 60.6 Å². The van der Waals surface area contributed by atoms with Crippen LogP contribution in [0.3, 0.4) is 0 Å². The van der Waals surface area contributed by atoms with E-state index in [1.54, 1.807) is 6.92 Å². The van der Waals surface area contributed by atoms with Crippen LogP contribution in [0.5, 0.6) is 0 Å². The standard InChI is InChI=1S/C5H11NO3P/c1-2-6(7)4-3-5-10(8)9/h4H,2-3,5H2,1H3,(H-,7,8,9)/q+1/p+1. The van der Waals surface area contributed by atoms with E-state index in [0.717, 1.165) is 4.74 Å². The SMILES string of the molecule is CC[N+](O)=CCC[P+](=O)O. The smallest absolute Gasteiger partial charge is 0.291 e. The lowest BCUT2D eigenvalue weighted by Gasteiger charge is -1.82. The van der Waals surface area contributed by atoms with Crippen molar-refractivity contribution in [1.29, 1.82) is 0 Å². The normalized spacial score (nSPS) is 13.4. The Morgan fingerprint density at radius 1 is 1.70 bits per heavy atom. The quantitative estimate of drug-likeness (QED) is 0.211. The first-order valence-electron chi connectivity index (χ1n) is 3.09. The molecule has 0 aromatic heterocycles. The van der Waals surface area contributed by atoms with Crippen molar-refractivity contribution in [2.75, 3.05) is 12.7 Å². The van der Waals surface area contributed by atoms with E-state index < -0.39 is 8.03 Å². The van der Waals surface area contributed by atoms with Crippen LogP contribution in [-0.4, -0.2) is 33.8 Å². The van der Waals surface area contributed by atoms with Gasteiger partial charge in [0.2, 0.25) is 0 Å². The largest absolute Gasteiger partial charge is 0.506 e. The van der Waals surface area contributed by atoms with Crippen molar-refractivity contribution in [1.82, 2.24) is 0 Å². The summed E-state index contributed by atoms with van der Waals surface area (Å²) in [6, 6.07) is 0. The molecule has 10 heavy (non-hydrogen) atoms. The zero-order valence-corrected chi connectivity index (χ0v) is 6.79. The van der Waals surface area contributed by atoms with E-state index in [2.05, 4.69) is 0 Å². The summed E-state index contributed by atoms with van der Waals surface area (Å²) in [7, 11) is -2.06. The Bertz CT molecular complexity index is 146. The Kier molecular flexibility index (Phi) is 5.08. The van der Waals surface area contributed by atoms with Gasteiger partial charge in [-0.05, 0) is 16.2 Å². The molecule has 0 amide bonds. The fraction of sp³-hybridized carbons (Fsp3) is 0.800. The zero-order valence-electron chi connectivity index (χ0n) is 5.90. The van der Waals surface area contributed by atoms with E-state index in [1.807, 2.05) is 0 Å². The van der Waals surface area contributed by atoms with Crippen molar-refractivity contribution < 1.29 is 19.4 Å². The van der Waals surface area contributed by atoms with Gasteiger partial charge in [0.05, 0.1) is 6.42 Å². The minimum absolute atomic E-state index is 0.215. The van der Waals surface area contributed by atoms with Crippen molar-refractivity contribution in [3.8, 4) is 0 Å². The molecule has 2 N–H and O–H groups in total. The summed E-state index contributed by atoms with van der Waals surface area (Å²) in [5.74, 6) is 0. The molecule has 0 heterocycles. The van der Waals surface area contributed by atoms with E-state index in [1.165, 1.54) is 6.21 Å². The molecule has 1 atom stereocenters. The molecule has 0 fully saturated rings. The molecule has 1 unspecified atom stereocenters. The van der Waals surface area contributed by atoms with Gasteiger partial charge < -0.3 is 0 Å². The first kappa shape index (κ1) is 9.53. The van der Waals surface area contributed by atoms with Crippen LogP contribution in [0.2, 0.25) is 0 Å². The van der Waals surface area contributed by atoms with Gasteiger partial charge in [-0.1, -0.05) is 0 Å². The highest BCUT2D eigenvalue weighted by molar-refractivity contribution is 7.38. The van der Waals surface area contributed by atoms with Gasteiger partial charge in [-0.25, -0.2) is 0 Å². The number of hydrogen-bond donors (Lipinski definition) is 2. The minimum atomic E-state index is -2.06. The number of nitrogens with zero attached hydrogens (tertiary/aromatic N) is 1. The van der Waals surface area contributed by atoms with Crippen molar-refractivity contribution >= 4 is 14.2 Å². The molecule has 0 bridgehead atoms. The van der Waals surface area contributed by atoms with Crippen LogP contribution >= 0.6 is 8.03 Å². The molecule has 0 rings (SSSR count). The van der Waals surface area contributed by atoms with Gasteiger partial charge in [0.25, 0.3) is 0 Å². The maximum Gasteiger partial charge on any atom is 0.506 e. The fourth-order valence-corrected chi connectivity index (χ4v) is 0.783. The summed E-state index contributed by atoms with van der Waals surface area (Å²) < 4.78 is 11.1. The van der Waals surface area contributed by atoms with Gasteiger partial charge in [-0.2, -0.15) is 4.89 Å². The van der Waals surface area contributed by atoms with Gasteiger partial charge in [0.15, 0.2) is 18.9 Å². The van der Waals surface area contributed by atoms with Gasteiger partial charge in [0.1, 0.15) is 0 Å².